The van der Waals surface area contributed by atoms with Crippen LogP contribution in [0.4, 0.5) is 0 Å². The molecule has 0 aromatic rings. The molecule has 2 unspecified atom stereocenters. The maximum absolute atomic E-state index is 12.3. The van der Waals surface area contributed by atoms with Crippen LogP contribution in [0.5, 0.6) is 0 Å². The Balaban J connectivity index is 1.84. The van der Waals surface area contributed by atoms with Crippen molar-refractivity contribution in [1.29, 1.82) is 0 Å². The second-order valence-electron chi connectivity index (χ2n) is 7.24. The highest BCUT2D eigenvalue weighted by atomic mass is 16.1. The largest absolute Gasteiger partial charge is 0.355 e. The molecule has 1 saturated heterocycles. The van der Waals surface area contributed by atoms with Crippen LogP contribution in [-0.2, 0) is 4.79 Å². The fourth-order valence-electron chi connectivity index (χ4n) is 3.51. The smallest absolute Gasteiger partial charge is 0.223 e. The Morgan fingerprint density at radius 1 is 1.28 bits per heavy atom. The first kappa shape index (κ1) is 13.9. The molecule has 1 saturated carbocycles. The molecule has 1 heterocycles. The van der Waals surface area contributed by atoms with Crippen LogP contribution in [0.3, 0.4) is 0 Å². The van der Waals surface area contributed by atoms with E-state index >= 15 is 0 Å². The summed E-state index contributed by atoms with van der Waals surface area (Å²) in [6.45, 7) is 9.72. The van der Waals surface area contributed by atoms with E-state index in [0.717, 1.165) is 26.1 Å². The van der Waals surface area contributed by atoms with Gasteiger partial charge in [-0.05, 0) is 43.1 Å². The van der Waals surface area contributed by atoms with Crippen LogP contribution in [0.25, 0.3) is 0 Å². The summed E-state index contributed by atoms with van der Waals surface area (Å²) in [6.07, 6.45) is 5.89. The van der Waals surface area contributed by atoms with Gasteiger partial charge in [-0.25, -0.2) is 0 Å². The van der Waals surface area contributed by atoms with Gasteiger partial charge < -0.3 is 10.6 Å². The number of carbonyl (C=O) groups excluding carboxylic acids is 1. The van der Waals surface area contributed by atoms with Gasteiger partial charge in [0.05, 0.1) is 0 Å². The Morgan fingerprint density at radius 2 is 2.06 bits per heavy atom. The highest BCUT2D eigenvalue weighted by Crippen LogP contribution is 2.42. The molecule has 1 amide bonds. The first-order valence-electron chi connectivity index (χ1n) is 7.41. The molecule has 0 radical (unpaired) electrons. The minimum atomic E-state index is 0.190. The lowest BCUT2D eigenvalue weighted by Gasteiger charge is -2.35. The molecule has 1 aliphatic heterocycles. The van der Waals surface area contributed by atoms with E-state index in [0.29, 0.717) is 0 Å². The molecule has 1 aliphatic carbocycles. The predicted octanol–water partition coefficient (Wildman–Crippen LogP) is 2.32. The first-order valence-corrected chi connectivity index (χ1v) is 7.41. The van der Waals surface area contributed by atoms with Crippen LogP contribution in [-0.4, -0.2) is 25.5 Å². The highest BCUT2D eigenvalue weighted by Gasteiger charge is 2.39. The Hall–Kier alpha value is -0.570. The summed E-state index contributed by atoms with van der Waals surface area (Å²) < 4.78 is 0. The minimum absolute atomic E-state index is 0.190. The zero-order chi connectivity index (χ0) is 13.2. The van der Waals surface area contributed by atoms with Crippen LogP contribution < -0.4 is 10.6 Å². The Labute approximate surface area is 111 Å². The third-order valence-corrected chi connectivity index (χ3v) is 4.95. The Morgan fingerprint density at radius 3 is 2.61 bits per heavy atom. The lowest BCUT2D eigenvalue weighted by Crippen LogP contribution is -2.47. The van der Waals surface area contributed by atoms with Gasteiger partial charge in [0.15, 0.2) is 0 Å². The number of rotatable bonds is 3. The quantitative estimate of drug-likeness (QED) is 0.809. The average molecular weight is 252 g/mol. The third kappa shape index (κ3) is 3.05. The first-order chi connectivity index (χ1) is 8.43. The lowest BCUT2D eigenvalue weighted by atomic mass is 9.80. The summed E-state index contributed by atoms with van der Waals surface area (Å²) in [6, 6.07) is 0. The molecular formula is C15H28N2O. The van der Waals surface area contributed by atoms with E-state index < -0.39 is 0 Å². The highest BCUT2D eigenvalue weighted by molar-refractivity contribution is 5.79. The summed E-state index contributed by atoms with van der Waals surface area (Å²) in [5.41, 5.74) is 0.437. The van der Waals surface area contributed by atoms with Crippen molar-refractivity contribution in [2.24, 2.45) is 16.7 Å². The van der Waals surface area contributed by atoms with E-state index in [9.17, 15) is 4.79 Å². The van der Waals surface area contributed by atoms with Crippen LogP contribution in [0, 0.1) is 16.7 Å². The molecule has 2 N–H and O–H groups in total. The standard InChI is InChI=1S/C15H28N2O/c1-14(2)7-4-6-12(14)13(18)17-11-15(3)8-5-9-16-10-15/h12,16H,4-11H2,1-3H3,(H,17,18). The molecular weight excluding hydrogens is 224 g/mol. The maximum Gasteiger partial charge on any atom is 0.223 e. The van der Waals surface area contributed by atoms with Crippen molar-refractivity contribution in [2.75, 3.05) is 19.6 Å². The van der Waals surface area contributed by atoms with Crippen LogP contribution in [0.15, 0.2) is 0 Å². The van der Waals surface area contributed by atoms with Crippen LogP contribution in [0.2, 0.25) is 0 Å². The molecule has 0 aromatic heterocycles. The molecule has 0 spiro atoms. The summed E-state index contributed by atoms with van der Waals surface area (Å²) in [7, 11) is 0. The van der Waals surface area contributed by atoms with E-state index in [4.69, 9.17) is 0 Å². The number of nitrogens with one attached hydrogen (secondary N) is 2. The molecule has 104 valence electrons. The van der Waals surface area contributed by atoms with Crippen molar-refractivity contribution in [3.05, 3.63) is 0 Å². The van der Waals surface area contributed by atoms with Crippen LogP contribution in [0.1, 0.15) is 52.9 Å². The summed E-state index contributed by atoms with van der Waals surface area (Å²) in [4.78, 5) is 12.3. The summed E-state index contributed by atoms with van der Waals surface area (Å²) in [5.74, 6) is 0.502. The molecule has 2 rings (SSSR count). The molecule has 0 bridgehead atoms. The zero-order valence-electron chi connectivity index (χ0n) is 12.1. The summed E-state index contributed by atoms with van der Waals surface area (Å²) in [5, 5.41) is 6.65. The number of amides is 1. The van der Waals surface area contributed by atoms with E-state index in [1.807, 2.05) is 0 Å². The third-order valence-electron chi connectivity index (χ3n) is 4.95. The van der Waals surface area contributed by atoms with E-state index in [-0.39, 0.29) is 22.7 Å². The second-order valence-corrected chi connectivity index (χ2v) is 7.24. The van der Waals surface area contributed by atoms with Gasteiger partial charge >= 0.3 is 0 Å². The van der Waals surface area contributed by atoms with Gasteiger partial charge in [-0.15, -0.1) is 0 Å². The topological polar surface area (TPSA) is 41.1 Å². The van der Waals surface area contributed by atoms with Crippen molar-refractivity contribution < 1.29 is 4.79 Å². The molecule has 2 aliphatic rings. The van der Waals surface area contributed by atoms with E-state index in [1.165, 1.54) is 25.7 Å². The molecule has 2 fully saturated rings. The maximum atomic E-state index is 12.3. The van der Waals surface area contributed by atoms with Crippen molar-refractivity contribution in [3.63, 3.8) is 0 Å². The van der Waals surface area contributed by atoms with Crippen molar-refractivity contribution in [1.82, 2.24) is 10.6 Å². The van der Waals surface area contributed by atoms with Gasteiger partial charge in [0.1, 0.15) is 0 Å². The number of carbonyl (C=O) groups is 1. The Kier molecular flexibility index (Phi) is 4.00. The van der Waals surface area contributed by atoms with Crippen LogP contribution >= 0.6 is 0 Å². The number of hydrogen-bond donors (Lipinski definition) is 2. The van der Waals surface area contributed by atoms with E-state index in [2.05, 4.69) is 31.4 Å². The van der Waals surface area contributed by atoms with Crippen molar-refractivity contribution in [2.45, 2.75) is 52.9 Å². The average Bonchev–Trinajstić information content (AvgIpc) is 2.67. The SMILES string of the molecule is CC1(CNC(=O)C2CCCC2(C)C)CCCNC1. The molecule has 2 atom stereocenters. The fraction of sp³-hybridized carbons (Fsp3) is 0.933. The summed E-state index contributed by atoms with van der Waals surface area (Å²) >= 11 is 0. The zero-order valence-corrected chi connectivity index (χ0v) is 12.1. The van der Waals surface area contributed by atoms with Gasteiger partial charge in [0.25, 0.3) is 0 Å². The van der Waals surface area contributed by atoms with Crippen molar-refractivity contribution in [3.8, 4) is 0 Å². The molecule has 18 heavy (non-hydrogen) atoms. The molecule has 3 heteroatoms. The normalized spacial score (nSPS) is 35.4. The minimum Gasteiger partial charge on any atom is -0.355 e. The van der Waals surface area contributed by atoms with Gasteiger partial charge in [-0.2, -0.15) is 0 Å². The monoisotopic (exact) mass is 252 g/mol. The van der Waals surface area contributed by atoms with Gasteiger partial charge in [-0.1, -0.05) is 27.2 Å². The van der Waals surface area contributed by atoms with Crippen molar-refractivity contribution >= 4 is 5.91 Å². The van der Waals surface area contributed by atoms with Gasteiger partial charge in [0, 0.05) is 19.0 Å². The molecule has 3 nitrogen and oxygen atoms in total. The predicted molar refractivity (Wildman–Crippen MR) is 74.3 cm³/mol. The second kappa shape index (κ2) is 5.20. The van der Waals surface area contributed by atoms with Gasteiger partial charge in [-0.3, -0.25) is 4.79 Å². The Bertz CT molecular complexity index is 306. The van der Waals surface area contributed by atoms with Gasteiger partial charge in [0.2, 0.25) is 5.91 Å². The molecule has 0 aromatic carbocycles. The number of hydrogen-bond acceptors (Lipinski definition) is 2. The van der Waals surface area contributed by atoms with E-state index in [1.54, 1.807) is 0 Å². The fourth-order valence-corrected chi connectivity index (χ4v) is 3.51. The lowest BCUT2D eigenvalue weighted by molar-refractivity contribution is -0.128. The number of piperidine rings is 1.